The van der Waals surface area contributed by atoms with Gasteiger partial charge in [-0.25, -0.2) is 0 Å². The minimum absolute atomic E-state index is 0.116. The third-order valence-corrected chi connectivity index (χ3v) is 7.22. The quantitative estimate of drug-likeness (QED) is 0.133. The van der Waals surface area contributed by atoms with E-state index in [4.69, 9.17) is 23.4 Å². The molecule has 1 aromatic heterocycles. The van der Waals surface area contributed by atoms with Crippen LogP contribution in [0.2, 0.25) is 0 Å². The molecule has 10 atom stereocenters. The van der Waals surface area contributed by atoms with E-state index in [0.29, 0.717) is 0 Å². The van der Waals surface area contributed by atoms with Gasteiger partial charge < -0.3 is 74.4 Å². The maximum Gasteiger partial charge on any atom is 0.239 e. The fourth-order valence-corrected chi connectivity index (χ4v) is 4.84. The van der Waals surface area contributed by atoms with Crippen molar-refractivity contribution < 1.29 is 74.4 Å². The average molecular weight is 611 g/mol. The summed E-state index contributed by atoms with van der Waals surface area (Å²) in [6.45, 7) is -1.37. The Balaban J connectivity index is 1.45. The Morgan fingerprint density at radius 3 is 1.98 bits per heavy atom. The van der Waals surface area contributed by atoms with Gasteiger partial charge in [0.05, 0.1) is 13.2 Å². The van der Waals surface area contributed by atoms with E-state index in [0.717, 1.165) is 12.1 Å². The van der Waals surface area contributed by atoms with Crippen molar-refractivity contribution in [2.45, 2.75) is 61.4 Å². The highest BCUT2D eigenvalue weighted by Crippen LogP contribution is 2.37. The van der Waals surface area contributed by atoms with E-state index in [2.05, 4.69) is 0 Å². The molecule has 2 aliphatic heterocycles. The summed E-state index contributed by atoms with van der Waals surface area (Å²) in [6.07, 6.45) is -17.1. The molecule has 0 saturated carbocycles. The summed E-state index contributed by atoms with van der Waals surface area (Å²) in [5.41, 5.74) is -1.01. The number of benzene rings is 2. The Hall–Kier alpha value is -3.55. The van der Waals surface area contributed by atoms with Crippen LogP contribution < -0.4 is 10.2 Å². The molecule has 3 aromatic rings. The molecule has 5 rings (SSSR count). The average Bonchev–Trinajstić information content (AvgIpc) is 2.97. The maximum absolute atomic E-state index is 13.6. The first kappa shape index (κ1) is 30.9. The smallest absolute Gasteiger partial charge is 0.239 e. The molecule has 0 bridgehead atoms. The van der Waals surface area contributed by atoms with Gasteiger partial charge in [-0.1, -0.05) is 0 Å². The van der Waals surface area contributed by atoms with Gasteiger partial charge in [-0.15, -0.1) is 0 Å². The highest BCUT2D eigenvalue weighted by Gasteiger charge is 2.48. The third kappa shape index (κ3) is 5.85. The summed E-state index contributed by atoms with van der Waals surface area (Å²) in [5.74, 6) is -2.07. The van der Waals surface area contributed by atoms with E-state index in [1.165, 1.54) is 24.3 Å². The van der Waals surface area contributed by atoms with Gasteiger partial charge in [-0.05, 0) is 24.3 Å². The molecule has 10 unspecified atom stereocenters. The number of aromatic hydroxyl groups is 3. The number of ether oxygens (including phenoxy) is 4. The number of aliphatic hydroxyl groups excluding tert-OH is 7. The van der Waals surface area contributed by atoms with Gasteiger partial charge in [-0.2, -0.15) is 0 Å². The third-order valence-electron chi connectivity index (χ3n) is 7.22. The number of rotatable bonds is 7. The molecule has 2 saturated heterocycles. The van der Waals surface area contributed by atoms with Gasteiger partial charge in [0.15, 0.2) is 12.1 Å². The molecule has 2 aromatic carbocycles. The lowest BCUT2D eigenvalue weighted by atomic mass is 9.98. The Bertz CT molecular complexity index is 1490. The van der Waals surface area contributed by atoms with Crippen LogP contribution in [0, 0.1) is 0 Å². The van der Waals surface area contributed by atoms with Crippen LogP contribution in [0.4, 0.5) is 0 Å². The van der Waals surface area contributed by atoms with Crippen LogP contribution in [0.3, 0.4) is 0 Å². The molecule has 0 radical (unpaired) electrons. The van der Waals surface area contributed by atoms with Gasteiger partial charge in [-0.3, -0.25) is 4.79 Å². The second-order valence-corrected chi connectivity index (χ2v) is 10.1. The van der Waals surface area contributed by atoms with Gasteiger partial charge in [0.25, 0.3) is 0 Å². The molecular weight excluding hydrogens is 580 g/mol. The van der Waals surface area contributed by atoms with Crippen LogP contribution in [0.15, 0.2) is 45.6 Å². The van der Waals surface area contributed by atoms with Crippen LogP contribution in [0.25, 0.3) is 22.3 Å². The van der Waals surface area contributed by atoms with Crippen LogP contribution in [-0.2, 0) is 14.2 Å². The van der Waals surface area contributed by atoms with E-state index < -0.39 is 103 Å². The molecule has 3 heterocycles. The molecular formula is C27H30O16. The second kappa shape index (κ2) is 12.2. The second-order valence-electron chi connectivity index (χ2n) is 10.1. The van der Waals surface area contributed by atoms with E-state index in [-0.39, 0.29) is 22.7 Å². The Morgan fingerprint density at radius 2 is 1.33 bits per heavy atom. The molecule has 0 amide bonds. The number of phenols is 3. The lowest BCUT2D eigenvalue weighted by molar-refractivity contribution is -0.323. The highest BCUT2D eigenvalue weighted by atomic mass is 16.7. The first-order valence-electron chi connectivity index (χ1n) is 13.0. The van der Waals surface area contributed by atoms with Crippen molar-refractivity contribution >= 4 is 11.0 Å². The van der Waals surface area contributed by atoms with E-state index in [1.54, 1.807) is 0 Å². The Morgan fingerprint density at radius 1 is 0.721 bits per heavy atom. The van der Waals surface area contributed by atoms with Gasteiger partial charge in [0, 0.05) is 17.7 Å². The molecule has 234 valence electrons. The standard InChI is InChI=1S/C27H30O16/c28-7-14-17(32)20(35)22(37)26(41-14)39-8-15-18(33)21(36)23(38)27(42-15)43-25-19(34)16-12(31)5-11(30)6-13(16)40-24(25)9-1-3-10(29)4-2-9/h1-6,14-15,17-18,20-23,26-33,35-38H,7-8H2. The summed E-state index contributed by atoms with van der Waals surface area (Å²) < 4.78 is 27.8. The summed E-state index contributed by atoms with van der Waals surface area (Å²) in [6, 6.07) is 7.25. The minimum Gasteiger partial charge on any atom is -0.508 e. The van der Waals surface area contributed by atoms with Gasteiger partial charge in [0.1, 0.15) is 77.0 Å². The predicted octanol–water partition coefficient (Wildman–Crippen LogP) is -2.42. The molecule has 16 nitrogen and oxygen atoms in total. The fourth-order valence-electron chi connectivity index (χ4n) is 4.84. The van der Waals surface area contributed by atoms with E-state index >= 15 is 0 Å². The molecule has 43 heavy (non-hydrogen) atoms. The first-order chi connectivity index (χ1) is 20.4. The number of fused-ring (bicyclic) bond motifs is 1. The topological polar surface area (TPSA) is 269 Å². The molecule has 16 heteroatoms. The molecule has 2 fully saturated rings. The van der Waals surface area contributed by atoms with Crippen molar-refractivity contribution in [1.29, 1.82) is 0 Å². The van der Waals surface area contributed by atoms with E-state index in [1.807, 2.05) is 0 Å². The molecule has 0 spiro atoms. The lowest BCUT2D eigenvalue weighted by Gasteiger charge is -2.42. The Labute approximate surface area is 241 Å². The maximum atomic E-state index is 13.6. The van der Waals surface area contributed by atoms with Crippen molar-refractivity contribution in [1.82, 2.24) is 0 Å². The van der Waals surface area contributed by atoms with E-state index in [9.17, 15) is 55.9 Å². The van der Waals surface area contributed by atoms with Crippen LogP contribution in [0.1, 0.15) is 0 Å². The lowest BCUT2D eigenvalue weighted by Crippen LogP contribution is -2.62. The van der Waals surface area contributed by atoms with Crippen molar-refractivity contribution in [3.05, 3.63) is 46.6 Å². The number of phenolic OH excluding ortho intramolecular Hbond substituents is 3. The van der Waals surface area contributed by atoms with Gasteiger partial charge in [0.2, 0.25) is 17.5 Å². The van der Waals surface area contributed by atoms with Crippen molar-refractivity contribution in [3.63, 3.8) is 0 Å². The van der Waals surface area contributed by atoms with Crippen molar-refractivity contribution in [2.24, 2.45) is 0 Å². The monoisotopic (exact) mass is 610 g/mol. The number of aliphatic hydroxyl groups is 7. The number of hydrogen-bond donors (Lipinski definition) is 10. The van der Waals surface area contributed by atoms with Crippen LogP contribution >= 0.6 is 0 Å². The molecule has 0 aliphatic carbocycles. The first-order valence-corrected chi connectivity index (χ1v) is 13.0. The van der Waals surface area contributed by atoms with Crippen LogP contribution in [0.5, 0.6) is 23.0 Å². The SMILES string of the molecule is O=c1c(OC2OC(COC3OC(CO)C(O)C(O)C3O)C(O)C(O)C2O)c(-c2ccc(O)cc2)oc2cc(O)cc(O)c12. The highest BCUT2D eigenvalue weighted by molar-refractivity contribution is 5.88. The summed E-state index contributed by atoms with van der Waals surface area (Å²) in [4.78, 5) is 13.6. The summed E-state index contributed by atoms with van der Waals surface area (Å²) in [7, 11) is 0. The van der Waals surface area contributed by atoms with Crippen LogP contribution in [-0.4, -0.2) is 126 Å². The van der Waals surface area contributed by atoms with Crippen molar-refractivity contribution in [2.75, 3.05) is 13.2 Å². The number of hydrogen-bond acceptors (Lipinski definition) is 16. The van der Waals surface area contributed by atoms with Crippen molar-refractivity contribution in [3.8, 4) is 34.3 Å². The summed E-state index contributed by atoms with van der Waals surface area (Å²) >= 11 is 0. The minimum atomic E-state index is -1.95. The Kier molecular flexibility index (Phi) is 8.77. The zero-order valence-corrected chi connectivity index (χ0v) is 22.1. The summed E-state index contributed by atoms with van der Waals surface area (Å²) in [5, 5.41) is 101. The molecule has 10 N–H and O–H groups in total. The van der Waals surface area contributed by atoms with Gasteiger partial charge >= 0.3 is 0 Å². The zero-order chi connectivity index (χ0) is 31.2. The zero-order valence-electron chi connectivity index (χ0n) is 22.1. The largest absolute Gasteiger partial charge is 0.508 e. The fraction of sp³-hybridized carbons (Fsp3) is 0.444. The normalized spacial score (nSPS) is 33.0. The molecule has 2 aliphatic rings. The predicted molar refractivity (Wildman–Crippen MR) is 140 cm³/mol.